The highest BCUT2D eigenvalue weighted by molar-refractivity contribution is 6.01. The van der Waals surface area contributed by atoms with E-state index in [4.69, 9.17) is 0 Å². The number of halogens is 1. The summed E-state index contributed by atoms with van der Waals surface area (Å²) in [5, 5.41) is 5.91. The van der Waals surface area contributed by atoms with Gasteiger partial charge in [0.1, 0.15) is 5.82 Å². The molecule has 6 heteroatoms. The molecule has 1 saturated heterocycles. The average Bonchev–Trinajstić information content (AvgIpc) is 2.71. The van der Waals surface area contributed by atoms with Crippen molar-refractivity contribution in [3.05, 3.63) is 59.4 Å². The third kappa shape index (κ3) is 4.81. The summed E-state index contributed by atoms with van der Waals surface area (Å²) in [5.74, 6) is -0.342. The zero-order valence-corrected chi connectivity index (χ0v) is 17.1. The van der Waals surface area contributed by atoms with Crippen LogP contribution in [0.1, 0.15) is 54.4 Å². The van der Waals surface area contributed by atoms with Crippen LogP contribution in [0.2, 0.25) is 0 Å². The molecule has 0 bridgehead atoms. The monoisotopic (exact) mass is 409 g/mol. The third-order valence-corrected chi connectivity index (χ3v) is 6.02. The highest BCUT2D eigenvalue weighted by atomic mass is 19.1. The van der Waals surface area contributed by atoms with Crippen molar-refractivity contribution >= 4 is 23.2 Å². The zero-order chi connectivity index (χ0) is 20.9. The first kappa shape index (κ1) is 20.4. The van der Waals surface area contributed by atoms with E-state index in [-0.39, 0.29) is 30.1 Å². The van der Waals surface area contributed by atoms with E-state index in [1.54, 1.807) is 24.3 Å². The maximum Gasteiger partial charge on any atom is 0.253 e. The van der Waals surface area contributed by atoms with E-state index in [0.717, 1.165) is 56.6 Å². The number of piperidine rings is 1. The molecule has 0 radical (unpaired) electrons. The van der Waals surface area contributed by atoms with Gasteiger partial charge in [-0.05, 0) is 68.0 Å². The van der Waals surface area contributed by atoms with E-state index in [1.165, 1.54) is 18.6 Å². The maximum absolute atomic E-state index is 13.4. The molecule has 2 fully saturated rings. The molecule has 1 aliphatic carbocycles. The lowest BCUT2D eigenvalue weighted by Crippen LogP contribution is -2.33. The number of hydrogen-bond acceptors (Lipinski definition) is 3. The van der Waals surface area contributed by atoms with Gasteiger partial charge in [-0.15, -0.1) is 0 Å². The number of carbonyl (C=O) groups is 2. The van der Waals surface area contributed by atoms with Gasteiger partial charge in [-0.2, -0.15) is 0 Å². The van der Waals surface area contributed by atoms with E-state index in [0.29, 0.717) is 11.1 Å². The Balaban J connectivity index is 1.52. The van der Waals surface area contributed by atoms with E-state index >= 15 is 0 Å². The van der Waals surface area contributed by atoms with Crippen LogP contribution in [0.4, 0.5) is 15.8 Å². The molecule has 2 aromatic rings. The molecule has 4 rings (SSSR count). The van der Waals surface area contributed by atoms with Crippen LogP contribution in [0.3, 0.4) is 0 Å². The highest BCUT2D eigenvalue weighted by Gasteiger charge is 2.26. The molecule has 2 N–H and O–H groups in total. The van der Waals surface area contributed by atoms with Gasteiger partial charge in [0.25, 0.3) is 5.91 Å². The minimum atomic E-state index is -0.317. The summed E-state index contributed by atoms with van der Waals surface area (Å²) in [6.45, 7) is 2.05. The molecule has 1 aliphatic heterocycles. The Bertz CT molecular complexity index is 920. The second-order valence-corrected chi connectivity index (χ2v) is 8.21. The van der Waals surface area contributed by atoms with Crippen LogP contribution in [0.15, 0.2) is 42.5 Å². The fourth-order valence-corrected chi connectivity index (χ4v) is 4.04. The van der Waals surface area contributed by atoms with Crippen LogP contribution in [-0.2, 0) is 11.3 Å². The molecule has 5 nitrogen and oxygen atoms in total. The molecule has 30 heavy (non-hydrogen) atoms. The number of carbonyl (C=O) groups excluding carboxylic acids is 2. The van der Waals surface area contributed by atoms with Crippen molar-refractivity contribution in [3.8, 4) is 0 Å². The molecule has 1 saturated carbocycles. The van der Waals surface area contributed by atoms with Gasteiger partial charge in [0.2, 0.25) is 5.91 Å². The Morgan fingerprint density at radius 2 is 1.80 bits per heavy atom. The Morgan fingerprint density at radius 1 is 1.00 bits per heavy atom. The molecule has 2 aliphatic rings. The predicted molar refractivity (Wildman–Crippen MR) is 116 cm³/mol. The predicted octanol–water partition coefficient (Wildman–Crippen LogP) is 4.48. The van der Waals surface area contributed by atoms with Gasteiger partial charge in [0.05, 0.1) is 11.3 Å². The van der Waals surface area contributed by atoms with Crippen LogP contribution in [0.25, 0.3) is 0 Å². The van der Waals surface area contributed by atoms with E-state index in [1.807, 2.05) is 6.07 Å². The summed E-state index contributed by atoms with van der Waals surface area (Å²) >= 11 is 0. The molecule has 0 aromatic heterocycles. The van der Waals surface area contributed by atoms with Crippen molar-refractivity contribution < 1.29 is 14.0 Å². The van der Waals surface area contributed by atoms with Crippen LogP contribution in [-0.4, -0.2) is 24.9 Å². The highest BCUT2D eigenvalue weighted by Crippen LogP contribution is 2.30. The van der Waals surface area contributed by atoms with Crippen molar-refractivity contribution in [2.24, 2.45) is 5.92 Å². The molecule has 0 spiro atoms. The minimum Gasteiger partial charge on any atom is -0.371 e. The lowest BCUT2D eigenvalue weighted by Gasteiger charge is -2.31. The van der Waals surface area contributed by atoms with Crippen LogP contribution < -0.4 is 15.5 Å². The Kier molecular flexibility index (Phi) is 6.31. The summed E-state index contributed by atoms with van der Waals surface area (Å²) in [4.78, 5) is 27.5. The lowest BCUT2D eigenvalue weighted by atomic mass is 9.85. The summed E-state index contributed by atoms with van der Waals surface area (Å²) in [6.07, 6.45) is 6.38. The molecule has 1 heterocycles. The number of rotatable bonds is 6. The zero-order valence-electron chi connectivity index (χ0n) is 17.1. The molecule has 158 valence electrons. The number of nitrogens with zero attached hydrogens (tertiary/aromatic N) is 1. The van der Waals surface area contributed by atoms with Crippen molar-refractivity contribution in [1.29, 1.82) is 0 Å². The van der Waals surface area contributed by atoms with Gasteiger partial charge >= 0.3 is 0 Å². The van der Waals surface area contributed by atoms with Crippen molar-refractivity contribution in [2.45, 2.75) is 45.1 Å². The van der Waals surface area contributed by atoms with E-state index in [2.05, 4.69) is 15.5 Å². The van der Waals surface area contributed by atoms with Crippen LogP contribution in [0, 0.1) is 11.7 Å². The third-order valence-electron chi connectivity index (χ3n) is 6.02. The Morgan fingerprint density at radius 3 is 2.50 bits per heavy atom. The number of anilines is 2. The smallest absolute Gasteiger partial charge is 0.253 e. The van der Waals surface area contributed by atoms with Crippen molar-refractivity contribution in [2.75, 3.05) is 23.3 Å². The molecule has 0 unspecified atom stereocenters. The van der Waals surface area contributed by atoms with Gasteiger partial charge in [0.15, 0.2) is 0 Å². The van der Waals surface area contributed by atoms with Crippen molar-refractivity contribution in [1.82, 2.24) is 5.32 Å². The number of amides is 2. The average molecular weight is 410 g/mol. The maximum atomic E-state index is 13.4. The first-order valence-electron chi connectivity index (χ1n) is 10.8. The molecular formula is C24H28FN3O2. The van der Waals surface area contributed by atoms with Crippen LogP contribution in [0.5, 0.6) is 0 Å². The largest absolute Gasteiger partial charge is 0.371 e. The second kappa shape index (κ2) is 9.28. The lowest BCUT2D eigenvalue weighted by molar-refractivity contribution is -0.122. The van der Waals surface area contributed by atoms with Gasteiger partial charge in [-0.25, -0.2) is 4.39 Å². The first-order valence-corrected chi connectivity index (χ1v) is 10.8. The summed E-state index contributed by atoms with van der Waals surface area (Å²) in [5.41, 5.74) is 2.87. The van der Waals surface area contributed by atoms with Gasteiger partial charge < -0.3 is 15.5 Å². The molecular weight excluding hydrogens is 381 g/mol. The van der Waals surface area contributed by atoms with Crippen LogP contribution >= 0.6 is 0 Å². The number of hydrogen-bond donors (Lipinski definition) is 2. The van der Waals surface area contributed by atoms with E-state index in [9.17, 15) is 14.0 Å². The minimum absolute atomic E-state index is 0.0640. The SMILES string of the molecule is O=C(NCc1cccc(F)c1)c1ccc(NC(=O)C2CCC2)cc1N1CCCCC1. The normalized spacial score (nSPS) is 16.6. The molecule has 2 aromatic carbocycles. The van der Waals surface area contributed by atoms with Crippen molar-refractivity contribution in [3.63, 3.8) is 0 Å². The van der Waals surface area contributed by atoms with E-state index < -0.39 is 0 Å². The molecule has 0 atom stereocenters. The Labute approximate surface area is 176 Å². The quantitative estimate of drug-likeness (QED) is 0.739. The summed E-state index contributed by atoms with van der Waals surface area (Å²) < 4.78 is 13.4. The van der Waals surface area contributed by atoms with Gasteiger partial charge in [0, 0.05) is 31.2 Å². The number of nitrogens with one attached hydrogen (secondary N) is 2. The molecule has 2 amide bonds. The fourth-order valence-electron chi connectivity index (χ4n) is 4.04. The Hall–Kier alpha value is -2.89. The van der Waals surface area contributed by atoms with Gasteiger partial charge in [-0.3, -0.25) is 9.59 Å². The summed E-state index contributed by atoms with van der Waals surface area (Å²) in [7, 11) is 0. The summed E-state index contributed by atoms with van der Waals surface area (Å²) in [6, 6.07) is 11.7. The van der Waals surface area contributed by atoms with Gasteiger partial charge in [-0.1, -0.05) is 18.6 Å². The topological polar surface area (TPSA) is 61.4 Å². The standard InChI is InChI=1S/C24H28FN3O2/c25-19-9-4-6-17(14-19)16-26-24(30)21-11-10-20(27-23(29)18-7-5-8-18)15-22(21)28-12-2-1-3-13-28/h4,6,9-11,14-15,18H,1-3,5,7-8,12-13,16H2,(H,26,30)(H,27,29). The first-order chi connectivity index (χ1) is 14.6. The second-order valence-electron chi connectivity index (χ2n) is 8.21. The fraction of sp³-hybridized carbons (Fsp3) is 0.417. The number of benzene rings is 2.